The lowest BCUT2D eigenvalue weighted by Crippen LogP contribution is -2.18. The van der Waals surface area contributed by atoms with Crippen molar-refractivity contribution < 1.29 is 9.46 Å². The zero-order valence-corrected chi connectivity index (χ0v) is 10.3. The Morgan fingerprint density at radius 3 is 2.39 bits per heavy atom. The summed E-state index contributed by atoms with van der Waals surface area (Å²) in [6.07, 6.45) is 0. The van der Waals surface area contributed by atoms with Gasteiger partial charge in [0.1, 0.15) is 0 Å². The highest BCUT2D eigenvalue weighted by Crippen LogP contribution is 2.37. The van der Waals surface area contributed by atoms with Crippen LogP contribution < -0.4 is 10.9 Å². The average molecular weight is 258 g/mol. The molecule has 1 unspecified atom stereocenters. The number of aromatic nitrogens is 2. The van der Waals surface area contributed by atoms with Gasteiger partial charge in [-0.25, -0.2) is 4.98 Å². The molecule has 4 nitrogen and oxygen atoms in total. The van der Waals surface area contributed by atoms with Gasteiger partial charge in [0.05, 0.1) is 11.0 Å². The minimum Gasteiger partial charge on any atom is -0.336 e. The summed E-state index contributed by atoms with van der Waals surface area (Å²) in [6.45, 7) is 0. The van der Waals surface area contributed by atoms with Crippen molar-refractivity contribution in [2.45, 2.75) is 0 Å². The van der Waals surface area contributed by atoms with E-state index in [1.165, 1.54) is 0 Å². The van der Waals surface area contributed by atoms with Gasteiger partial charge < -0.3 is 9.88 Å². The molecule has 0 saturated heterocycles. The smallest absolute Gasteiger partial charge is 0.293 e. The Hall–Kier alpha value is -1.90. The number of rotatable bonds is 2. The third-order valence-electron chi connectivity index (χ3n) is 2.77. The van der Waals surface area contributed by atoms with E-state index < -0.39 is 7.37 Å². The summed E-state index contributed by atoms with van der Waals surface area (Å²) in [4.78, 5) is 17.3. The quantitative estimate of drug-likeness (QED) is 0.688. The third kappa shape index (κ3) is 1.76. The molecule has 0 fully saturated rings. The Bertz CT molecular complexity index is 704. The van der Waals surface area contributed by atoms with Gasteiger partial charge in [-0.05, 0) is 24.3 Å². The summed E-state index contributed by atoms with van der Waals surface area (Å²) >= 11 is 0. The van der Waals surface area contributed by atoms with Gasteiger partial charge in [-0.2, -0.15) is 0 Å². The fourth-order valence-electron chi connectivity index (χ4n) is 1.84. The lowest BCUT2D eigenvalue weighted by atomic mass is 10.3. The second kappa shape index (κ2) is 4.09. The van der Waals surface area contributed by atoms with E-state index in [0.29, 0.717) is 10.8 Å². The minimum atomic E-state index is -3.64. The highest BCUT2D eigenvalue weighted by Gasteiger charge is 2.27. The Morgan fingerprint density at radius 1 is 1.00 bits per heavy atom. The first kappa shape index (κ1) is 11.2. The van der Waals surface area contributed by atoms with E-state index >= 15 is 0 Å². The number of para-hydroxylation sites is 2. The molecule has 1 atom stereocenters. The normalized spacial score (nSPS) is 14.5. The summed E-state index contributed by atoms with van der Waals surface area (Å²) in [5, 5.41) is 0.379. The third-order valence-corrected chi connectivity index (χ3v) is 4.55. The van der Waals surface area contributed by atoms with Gasteiger partial charge in [0.15, 0.2) is 5.57 Å². The zero-order chi connectivity index (χ0) is 12.6. The van der Waals surface area contributed by atoms with E-state index in [2.05, 4.69) is 9.97 Å². The zero-order valence-electron chi connectivity index (χ0n) is 9.45. The van der Waals surface area contributed by atoms with Gasteiger partial charge in [0, 0.05) is 5.30 Å². The van der Waals surface area contributed by atoms with Crippen LogP contribution in [0.5, 0.6) is 0 Å². The minimum absolute atomic E-state index is 0.120. The van der Waals surface area contributed by atoms with Crippen LogP contribution >= 0.6 is 7.37 Å². The maximum atomic E-state index is 12.4. The maximum absolute atomic E-state index is 12.4. The molecule has 0 aliphatic rings. The molecule has 2 N–H and O–H groups in total. The van der Waals surface area contributed by atoms with Crippen LogP contribution in [0.15, 0.2) is 54.6 Å². The van der Waals surface area contributed by atoms with Crippen molar-refractivity contribution in [3.8, 4) is 0 Å². The Balaban J connectivity index is 2.17. The number of benzene rings is 2. The molecule has 0 spiro atoms. The molecule has 1 aromatic heterocycles. The second-order valence-electron chi connectivity index (χ2n) is 3.99. The summed E-state index contributed by atoms with van der Waals surface area (Å²) in [5.41, 5.74) is 1.57. The molecule has 0 radical (unpaired) electrons. The molecule has 0 saturated carbocycles. The van der Waals surface area contributed by atoms with Gasteiger partial charge in [0.25, 0.3) is 7.37 Å². The Kier molecular flexibility index (Phi) is 2.54. The maximum Gasteiger partial charge on any atom is 0.293 e. The number of imidazole rings is 1. The largest absolute Gasteiger partial charge is 0.336 e. The van der Waals surface area contributed by atoms with Gasteiger partial charge >= 0.3 is 0 Å². The summed E-state index contributed by atoms with van der Waals surface area (Å²) < 4.78 is 12.4. The number of nitrogens with zero attached hydrogens (tertiary/aromatic N) is 1. The molecular weight excluding hydrogens is 247 g/mol. The second-order valence-corrected chi connectivity index (χ2v) is 6.08. The van der Waals surface area contributed by atoms with Crippen LogP contribution in [0.3, 0.4) is 0 Å². The van der Waals surface area contributed by atoms with Crippen molar-refractivity contribution in [2.75, 3.05) is 0 Å². The average Bonchev–Trinajstić information content (AvgIpc) is 2.84. The number of nitrogens with one attached hydrogen (secondary N) is 1. The molecule has 90 valence electrons. The number of hydrogen-bond acceptors (Lipinski definition) is 2. The fourth-order valence-corrected chi connectivity index (χ4v) is 3.17. The molecule has 1 heterocycles. The molecule has 0 bridgehead atoms. The van der Waals surface area contributed by atoms with E-state index in [1.807, 2.05) is 24.3 Å². The van der Waals surface area contributed by atoms with Crippen molar-refractivity contribution in [3.05, 3.63) is 54.6 Å². The highest BCUT2D eigenvalue weighted by molar-refractivity contribution is 7.73. The first-order chi connectivity index (χ1) is 8.68. The van der Waals surface area contributed by atoms with Crippen LogP contribution in [-0.2, 0) is 4.57 Å². The van der Waals surface area contributed by atoms with Crippen molar-refractivity contribution in [2.24, 2.45) is 0 Å². The van der Waals surface area contributed by atoms with Crippen molar-refractivity contribution in [3.63, 3.8) is 0 Å². The van der Waals surface area contributed by atoms with E-state index in [0.717, 1.165) is 5.52 Å². The first-order valence-corrected chi connectivity index (χ1v) is 7.17. The molecule has 18 heavy (non-hydrogen) atoms. The number of aromatic amines is 1. The molecule has 0 aliphatic carbocycles. The SMILES string of the molecule is O=P(O)(c1ccccc1)c1nc2ccccc2[nH]1. The van der Waals surface area contributed by atoms with Gasteiger partial charge in [-0.15, -0.1) is 0 Å². The van der Waals surface area contributed by atoms with Crippen molar-refractivity contribution in [1.29, 1.82) is 0 Å². The van der Waals surface area contributed by atoms with Crippen molar-refractivity contribution >= 4 is 29.3 Å². The van der Waals surface area contributed by atoms with Crippen LogP contribution in [0.1, 0.15) is 0 Å². The molecule has 3 rings (SSSR count). The predicted molar refractivity (Wildman–Crippen MR) is 71.6 cm³/mol. The van der Waals surface area contributed by atoms with Crippen LogP contribution in [-0.4, -0.2) is 14.9 Å². The Morgan fingerprint density at radius 2 is 1.67 bits per heavy atom. The highest BCUT2D eigenvalue weighted by atomic mass is 31.2. The molecule has 0 aliphatic heterocycles. The van der Waals surface area contributed by atoms with E-state index in [4.69, 9.17) is 0 Å². The number of H-pyrrole nitrogens is 1. The van der Waals surface area contributed by atoms with E-state index in [9.17, 15) is 9.46 Å². The van der Waals surface area contributed by atoms with Crippen LogP contribution in [0.25, 0.3) is 11.0 Å². The lowest BCUT2D eigenvalue weighted by molar-refractivity contribution is 0.499. The molecular formula is C13H11N2O2P. The van der Waals surface area contributed by atoms with Crippen LogP contribution in [0, 0.1) is 0 Å². The molecule has 0 amide bonds. The van der Waals surface area contributed by atoms with Gasteiger partial charge in [-0.3, -0.25) is 4.57 Å². The van der Waals surface area contributed by atoms with Crippen molar-refractivity contribution in [1.82, 2.24) is 9.97 Å². The number of fused-ring (bicyclic) bond motifs is 1. The predicted octanol–water partition coefficient (Wildman–Crippen LogP) is 1.78. The fraction of sp³-hybridized carbons (Fsp3) is 0. The monoisotopic (exact) mass is 258 g/mol. The summed E-state index contributed by atoms with van der Waals surface area (Å²) in [6, 6.07) is 15.9. The Labute approximate surface area is 104 Å². The topological polar surface area (TPSA) is 66.0 Å². The summed E-state index contributed by atoms with van der Waals surface area (Å²) in [5.74, 6) is 0. The molecule has 2 aromatic carbocycles. The first-order valence-electron chi connectivity index (χ1n) is 5.52. The number of hydrogen-bond donors (Lipinski definition) is 2. The summed E-state index contributed by atoms with van der Waals surface area (Å²) in [7, 11) is -3.64. The molecule has 5 heteroatoms. The van der Waals surface area contributed by atoms with Crippen LogP contribution in [0.4, 0.5) is 0 Å². The standard InChI is InChI=1S/C13H11N2O2P/c16-18(17,10-6-2-1-3-7-10)13-14-11-8-4-5-9-12(11)15-13/h1-9H,(H,14,15)(H,16,17). The molecule has 3 aromatic rings. The lowest BCUT2D eigenvalue weighted by Gasteiger charge is -2.07. The van der Waals surface area contributed by atoms with Crippen LogP contribution in [0.2, 0.25) is 0 Å². The van der Waals surface area contributed by atoms with Gasteiger partial charge in [0.2, 0.25) is 0 Å². The van der Waals surface area contributed by atoms with E-state index in [1.54, 1.807) is 30.3 Å². The van der Waals surface area contributed by atoms with E-state index in [-0.39, 0.29) is 5.57 Å². The van der Waals surface area contributed by atoms with Gasteiger partial charge in [-0.1, -0.05) is 30.3 Å².